The Kier molecular flexibility index (Phi) is 4.80. The highest BCUT2D eigenvalue weighted by Crippen LogP contribution is 2.21. The maximum absolute atomic E-state index is 12.6. The number of rotatable bonds is 4. The van der Waals surface area contributed by atoms with Crippen LogP contribution >= 0.6 is 0 Å². The van der Waals surface area contributed by atoms with Crippen molar-refractivity contribution in [3.63, 3.8) is 0 Å². The maximum Gasteiger partial charge on any atom is 0.322 e. The van der Waals surface area contributed by atoms with Gasteiger partial charge >= 0.3 is 5.97 Å². The van der Waals surface area contributed by atoms with Crippen LogP contribution in [0, 0.1) is 0 Å². The topological polar surface area (TPSA) is 70.1 Å². The summed E-state index contributed by atoms with van der Waals surface area (Å²) >= 11 is 0. The van der Waals surface area contributed by atoms with Gasteiger partial charge in [0.05, 0.1) is 12.2 Å². The third kappa shape index (κ3) is 3.33. The van der Waals surface area contributed by atoms with Crippen molar-refractivity contribution in [1.29, 1.82) is 0 Å². The van der Waals surface area contributed by atoms with Gasteiger partial charge in [-0.15, -0.1) is 0 Å². The number of ether oxygens (including phenoxy) is 1. The van der Waals surface area contributed by atoms with Crippen molar-refractivity contribution in [3.8, 4) is 5.75 Å². The normalized spacial score (nSPS) is 19.3. The van der Waals surface area contributed by atoms with Gasteiger partial charge in [-0.05, 0) is 26.1 Å². The number of hydrogen-bond donors (Lipinski definition) is 1. The molecule has 0 aromatic heterocycles. The van der Waals surface area contributed by atoms with E-state index >= 15 is 0 Å². The number of piperazine rings is 1. The molecule has 1 aromatic rings. The summed E-state index contributed by atoms with van der Waals surface area (Å²) in [7, 11) is 1.76. The molecule has 2 rings (SSSR count). The fraction of sp³-hybridized carbons (Fsp3) is 0.467. The predicted molar refractivity (Wildman–Crippen MR) is 77.6 cm³/mol. The van der Waals surface area contributed by atoms with E-state index in [0.717, 1.165) is 0 Å². The fourth-order valence-corrected chi connectivity index (χ4v) is 2.42. The molecule has 1 fully saturated rings. The second kappa shape index (κ2) is 6.58. The molecule has 0 aliphatic carbocycles. The molecule has 0 radical (unpaired) electrons. The zero-order valence-electron chi connectivity index (χ0n) is 12.3. The summed E-state index contributed by atoms with van der Waals surface area (Å²) in [4.78, 5) is 27.2. The summed E-state index contributed by atoms with van der Waals surface area (Å²) in [6.45, 7) is 3.58. The second-order valence-electron chi connectivity index (χ2n) is 5.01. The van der Waals surface area contributed by atoms with Crippen LogP contribution in [0.5, 0.6) is 5.75 Å². The van der Waals surface area contributed by atoms with Gasteiger partial charge in [0, 0.05) is 19.6 Å². The number of amides is 1. The standard InChI is InChI=1S/C15H20N2O4/c1-3-21-13-7-5-4-6-11(13)14(18)17-9-8-16(2)12(10-17)15(19)20/h4-7,12H,3,8-10H2,1-2H3,(H,19,20). The number of carboxylic acid groups (broad SMARTS) is 1. The van der Waals surface area contributed by atoms with Gasteiger partial charge in [-0.3, -0.25) is 14.5 Å². The molecule has 1 aliphatic rings. The van der Waals surface area contributed by atoms with E-state index in [0.29, 0.717) is 31.0 Å². The molecule has 0 saturated carbocycles. The Balaban J connectivity index is 2.18. The molecule has 1 heterocycles. The van der Waals surface area contributed by atoms with Crippen molar-refractivity contribution in [2.75, 3.05) is 33.3 Å². The number of carbonyl (C=O) groups is 2. The second-order valence-corrected chi connectivity index (χ2v) is 5.01. The van der Waals surface area contributed by atoms with Crippen molar-refractivity contribution in [3.05, 3.63) is 29.8 Å². The van der Waals surface area contributed by atoms with Crippen LogP contribution in [0.25, 0.3) is 0 Å². The lowest BCUT2D eigenvalue weighted by molar-refractivity contribution is -0.144. The van der Waals surface area contributed by atoms with Crippen LogP contribution in [0.4, 0.5) is 0 Å². The molecule has 0 bridgehead atoms. The van der Waals surface area contributed by atoms with Crippen LogP contribution in [0.3, 0.4) is 0 Å². The van der Waals surface area contributed by atoms with E-state index in [1.54, 1.807) is 35.0 Å². The lowest BCUT2D eigenvalue weighted by Crippen LogP contribution is -2.56. The summed E-state index contributed by atoms with van der Waals surface area (Å²) in [6, 6.07) is 6.39. The largest absolute Gasteiger partial charge is 0.493 e. The molecule has 1 saturated heterocycles. The Bertz CT molecular complexity index is 532. The van der Waals surface area contributed by atoms with Crippen LogP contribution in [0.2, 0.25) is 0 Å². The van der Waals surface area contributed by atoms with Crippen LogP contribution in [0.15, 0.2) is 24.3 Å². The van der Waals surface area contributed by atoms with Gasteiger partial charge in [-0.1, -0.05) is 12.1 Å². The molecule has 114 valence electrons. The van der Waals surface area contributed by atoms with Crippen molar-refractivity contribution in [2.45, 2.75) is 13.0 Å². The number of hydrogen-bond acceptors (Lipinski definition) is 4. The molecule has 0 spiro atoms. The van der Waals surface area contributed by atoms with E-state index < -0.39 is 12.0 Å². The third-order valence-electron chi connectivity index (χ3n) is 3.64. The van der Waals surface area contributed by atoms with E-state index in [2.05, 4.69) is 0 Å². The zero-order chi connectivity index (χ0) is 15.4. The Morgan fingerprint density at radius 3 is 2.71 bits per heavy atom. The summed E-state index contributed by atoms with van der Waals surface area (Å²) in [5, 5.41) is 9.21. The SMILES string of the molecule is CCOc1ccccc1C(=O)N1CCN(C)C(C(=O)O)C1. The average molecular weight is 292 g/mol. The average Bonchev–Trinajstić information content (AvgIpc) is 2.47. The minimum atomic E-state index is -0.909. The quantitative estimate of drug-likeness (QED) is 0.894. The number of nitrogens with zero attached hydrogens (tertiary/aromatic N) is 2. The molecule has 1 unspecified atom stereocenters. The molecule has 6 heteroatoms. The Hall–Kier alpha value is -2.08. The first-order valence-electron chi connectivity index (χ1n) is 6.98. The van der Waals surface area contributed by atoms with Crippen LogP contribution < -0.4 is 4.74 Å². The van der Waals surface area contributed by atoms with Gasteiger partial charge in [0.15, 0.2) is 0 Å². The first-order chi connectivity index (χ1) is 10.0. The summed E-state index contributed by atoms with van der Waals surface area (Å²) < 4.78 is 5.47. The highest BCUT2D eigenvalue weighted by atomic mass is 16.5. The van der Waals surface area contributed by atoms with E-state index in [4.69, 9.17) is 4.74 Å². The summed E-state index contributed by atoms with van der Waals surface area (Å²) in [5.41, 5.74) is 0.480. The van der Waals surface area contributed by atoms with E-state index in [9.17, 15) is 14.7 Å². The smallest absolute Gasteiger partial charge is 0.322 e. The van der Waals surface area contributed by atoms with Crippen LogP contribution in [-0.4, -0.2) is 66.1 Å². The van der Waals surface area contributed by atoms with Gasteiger partial charge < -0.3 is 14.7 Å². The number of benzene rings is 1. The summed E-state index contributed by atoms with van der Waals surface area (Å²) in [6.07, 6.45) is 0. The lowest BCUT2D eigenvalue weighted by Gasteiger charge is -2.37. The van der Waals surface area contributed by atoms with Crippen molar-refractivity contribution in [2.24, 2.45) is 0 Å². The summed E-state index contributed by atoms with van der Waals surface area (Å²) in [5.74, 6) is -0.553. The maximum atomic E-state index is 12.6. The monoisotopic (exact) mass is 292 g/mol. The molecule has 21 heavy (non-hydrogen) atoms. The van der Waals surface area contributed by atoms with Gasteiger partial charge in [-0.2, -0.15) is 0 Å². The first kappa shape index (κ1) is 15.3. The Labute approximate surface area is 123 Å². The van der Waals surface area contributed by atoms with Crippen molar-refractivity contribution >= 4 is 11.9 Å². The van der Waals surface area contributed by atoms with Gasteiger partial charge in [-0.25, -0.2) is 0 Å². The molecule has 1 N–H and O–H groups in total. The molecule has 1 amide bonds. The highest BCUT2D eigenvalue weighted by molar-refractivity contribution is 5.97. The Morgan fingerprint density at radius 1 is 1.33 bits per heavy atom. The molecular formula is C15H20N2O4. The molecular weight excluding hydrogens is 272 g/mol. The highest BCUT2D eigenvalue weighted by Gasteiger charge is 2.33. The van der Waals surface area contributed by atoms with E-state index in [1.807, 2.05) is 13.0 Å². The Morgan fingerprint density at radius 2 is 2.05 bits per heavy atom. The third-order valence-corrected chi connectivity index (χ3v) is 3.64. The number of carbonyl (C=O) groups excluding carboxylic acids is 1. The molecule has 1 atom stereocenters. The molecule has 1 aliphatic heterocycles. The lowest BCUT2D eigenvalue weighted by atomic mass is 10.1. The fourth-order valence-electron chi connectivity index (χ4n) is 2.42. The predicted octanol–water partition coefficient (Wildman–Crippen LogP) is 0.926. The van der Waals surface area contributed by atoms with E-state index in [-0.39, 0.29) is 12.5 Å². The van der Waals surface area contributed by atoms with Gasteiger partial charge in [0.2, 0.25) is 0 Å². The van der Waals surface area contributed by atoms with E-state index in [1.165, 1.54) is 0 Å². The van der Waals surface area contributed by atoms with Gasteiger partial charge in [0.1, 0.15) is 11.8 Å². The first-order valence-corrected chi connectivity index (χ1v) is 6.98. The number of aliphatic carboxylic acids is 1. The minimum Gasteiger partial charge on any atom is -0.493 e. The zero-order valence-corrected chi connectivity index (χ0v) is 12.3. The van der Waals surface area contributed by atoms with Crippen molar-refractivity contribution in [1.82, 2.24) is 9.80 Å². The minimum absolute atomic E-state index is 0.182. The van der Waals surface area contributed by atoms with Gasteiger partial charge in [0.25, 0.3) is 5.91 Å². The molecule has 6 nitrogen and oxygen atoms in total. The van der Waals surface area contributed by atoms with Crippen molar-refractivity contribution < 1.29 is 19.4 Å². The van der Waals surface area contributed by atoms with Crippen LogP contribution in [0.1, 0.15) is 17.3 Å². The number of carboxylic acids is 1. The molecule has 1 aromatic carbocycles. The number of likely N-dealkylation sites (N-methyl/N-ethyl adjacent to an activating group) is 1. The van der Waals surface area contributed by atoms with Crippen LogP contribution in [-0.2, 0) is 4.79 Å². The number of para-hydroxylation sites is 1.